The van der Waals surface area contributed by atoms with E-state index >= 15 is 0 Å². The lowest BCUT2D eigenvalue weighted by atomic mass is 9.51. The fourth-order valence-electron chi connectivity index (χ4n) is 8.07. The summed E-state index contributed by atoms with van der Waals surface area (Å²) in [5.74, 6) is 1.31. The van der Waals surface area contributed by atoms with Crippen molar-refractivity contribution in [3.63, 3.8) is 0 Å². The van der Waals surface area contributed by atoms with Gasteiger partial charge in [0, 0.05) is 10.8 Å². The van der Waals surface area contributed by atoms with E-state index in [4.69, 9.17) is 9.26 Å². The molecule has 2 bridgehead atoms. The number of thioether (sulfide) groups is 1. The Balaban J connectivity index is 1.35. The summed E-state index contributed by atoms with van der Waals surface area (Å²) in [7, 11) is 0. The van der Waals surface area contributed by atoms with E-state index in [9.17, 15) is 4.79 Å². The van der Waals surface area contributed by atoms with Crippen molar-refractivity contribution in [1.82, 2.24) is 15.8 Å². The van der Waals surface area contributed by atoms with E-state index in [2.05, 4.69) is 36.6 Å². The first kappa shape index (κ1) is 26.4. The first-order valence-electron chi connectivity index (χ1n) is 14.6. The summed E-state index contributed by atoms with van der Waals surface area (Å²) >= 11 is 1.77. The normalized spacial score (nSPS) is 33.9. The topological polar surface area (TPSA) is 76.4 Å². The van der Waals surface area contributed by atoms with Gasteiger partial charge in [0.1, 0.15) is 4.90 Å². The van der Waals surface area contributed by atoms with Gasteiger partial charge in [0.15, 0.2) is 0 Å². The van der Waals surface area contributed by atoms with Gasteiger partial charge in [-0.05, 0) is 99.2 Å². The molecular weight excluding hydrogens is 470 g/mol. The van der Waals surface area contributed by atoms with Crippen LogP contribution in [0.3, 0.4) is 0 Å². The maximum absolute atomic E-state index is 13.9. The summed E-state index contributed by atoms with van der Waals surface area (Å²) in [6.45, 7) is 9.84. The number of carbonyl (C=O) groups is 1. The molecule has 0 spiro atoms. The molecule has 2 heterocycles. The highest BCUT2D eigenvalue weighted by Gasteiger charge is 2.53. The lowest BCUT2D eigenvalue weighted by molar-refractivity contribution is -0.0332. The molecule has 202 valence electrons. The largest absolute Gasteiger partial charge is 0.474 e. The van der Waals surface area contributed by atoms with Crippen LogP contribution in [-0.2, 0) is 0 Å². The lowest BCUT2D eigenvalue weighted by Gasteiger charge is -2.57. The SMILES string of the molecule is CCC1(NC(=O)c2onc(OCC3CCNCC3)c2SC2CCCCC2)CC2(C)CCCC(C)(C2)C1. The fourth-order valence-corrected chi connectivity index (χ4v) is 9.41. The summed E-state index contributed by atoms with van der Waals surface area (Å²) in [4.78, 5) is 14.7. The van der Waals surface area contributed by atoms with Gasteiger partial charge in [-0.2, -0.15) is 0 Å². The van der Waals surface area contributed by atoms with Crippen LogP contribution in [0.1, 0.15) is 121 Å². The Kier molecular flexibility index (Phi) is 7.98. The quantitative estimate of drug-likeness (QED) is 0.398. The highest BCUT2D eigenvalue weighted by atomic mass is 32.2. The molecule has 3 aliphatic carbocycles. The zero-order valence-electron chi connectivity index (χ0n) is 22.8. The molecular formula is C29H47N3O3S. The van der Waals surface area contributed by atoms with Crippen molar-refractivity contribution in [3.8, 4) is 5.88 Å². The predicted octanol–water partition coefficient (Wildman–Crippen LogP) is 6.74. The van der Waals surface area contributed by atoms with Gasteiger partial charge in [-0.15, -0.1) is 11.8 Å². The second kappa shape index (κ2) is 10.9. The van der Waals surface area contributed by atoms with Gasteiger partial charge in [0.05, 0.1) is 6.61 Å². The molecule has 5 rings (SSSR count). The number of piperidine rings is 1. The van der Waals surface area contributed by atoms with Gasteiger partial charge < -0.3 is 19.9 Å². The van der Waals surface area contributed by atoms with Crippen LogP contribution >= 0.6 is 11.8 Å². The number of nitrogens with one attached hydrogen (secondary N) is 2. The van der Waals surface area contributed by atoms with E-state index in [1.807, 2.05) is 0 Å². The molecule has 7 heteroatoms. The van der Waals surface area contributed by atoms with Gasteiger partial charge >= 0.3 is 0 Å². The maximum Gasteiger partial charge on any atom is 0.291 e. The number of fused-ring (bicyclic) bond motifs is 2. The fraction of sp³-hybridized carbons (Fsp3) is 0.862. The average molecular weight is 518 g/mol. The number of carbonyl (C=O) groups excluding carboxylic acids is 1. The van der Waals surface area contributed by atoms with Crippen LogP contribution in [0.25, 0.3) is 0 Å². The van der Waals surface area contributed by atoms with Crippen LogP contribution in [0.4, 0.5) is 0 Å². The van der Waals surface area contributed by atoms with E-state index in [1.165, 1.54) is 57.8 Å². The van der Waals surface area contributed by atoms with E-state index < -0.39 is 0 Å². The summed E-state index contributed by atoms with van der Waals surface area (Å²) in [6, 6.07) is 0. The Labute approximate surface area is 221 Å². The number of amides is 1. The third-order valence-electron chi connectivity index (χ3n) is 9.58. The summed E-state index contributed by atoms with van der Waals surface area (Å²) < 4.78 is 12.0. The van der Waals surface area contributed by atoms with Crippen LogP contribution in [0.5, 0.6) is 5.88 Å². The zero-order valence-corrected chi connectivity index (χ0v) is 23.6. The average Bonchev–Trinajstić information content (AvgIpc) is 3.25. The first-order chi connectivity index (χ1) is 17.3. The minimum atomic E-state index is -0.186. The molecule has 2 atom stereocenters. The highest BCUT2D eigenvalue weighted by Crippen LogP contribution is 2.59. The number of nitrogens with zero attached hydrogens (tertiary/aromatic N) is 1. The Morgan fingerprint density at radius 2 is 1.75 bits per heavy atom. The minimum absolute atomic E-state index is 0.105. The number of rotatable bonds is 8. The molecule has 2 N–H and O–H groups in total. The van der Waals surface area contributed by atoms with Gasteiger partial charge in [0.25, 0.3) is 11.8 Å². The van der Waals surface area contributed by atoms with Crippen molar-refractivity contribution in [3.05, 3.63) is 5.76 Å². The van der Waals surface area contributed by atoms with Crippen molar-refractivity contribution in [1.29, 1.82) is 0 Å². The standard InChI is InChI=1S/C29H47N3O3S/c1-4-29(19-27(2)13-8-14-28(3,18-27)20-29)31-25(33)23-24(36-22-9-6-5-7-10-22)26(32-35-23)34-17-21-11-15-30-16-12-21/h21-22,30H,4-20H2,1-3H3,(H,31,33). The van der Waals surface area contributed by atoms with E-state index in [1.54, 1.807) is 11.8 Å². The lowest BCUT2D eigenvalue weighted by Crippen LogP contribution is -2.58. The van der Waals surface area contributed by atoms with Crippen molar-refractivity contribution in [2.24, 2.45) is 16.7 Å². The Bertz CT molecular complexity index is 890. The number of hydrogen-bond donors (Lipinski definition) is 2. The molecule has 6 nitrogen and oxygen atoms in total. The van der Waals surface area contributed by atoms with Gasteiger partial charge in [-0.25, -0.2) is 0 Å². The van der Waals surface area contributed by atoms with Crippen LogP contribution in [-0.4, -0.2) is 41.5 Å². The molecule has 2 unspecified atom stereocenters. The number of aromatic nitrogens is 1. The second-order valence-electron chi connectivity index (χ2n) is 13.1. The zero-order chi connectivity index (χ0) is 25.2. The molecule has 1 aliphatic heterocycles. The molecule has 4 aliphatic rings. The summed E-state index contributed by atoms with van der Waals surface area (Å²) in [6.07, 6.45) is 16.6. The molecule has 0 aromatic carbocycles. The number of hydrogen-bond acceptors (Lipinski definition) is 6. The van der Waals surface area contributed by atoms with Crippen molar-refractivity contribution < 1.29 is 14.1 Å². The maximum atomic E-state index is 13.9. The van der Waals surface area contributed by atoms with Crippen molar-refractivity contribution >= 4 is 17.7 Å². The van der Waals surface area contributed by atoms with Crippen LogP contribution in [0.15, 0.2) is 9.42 Å². The highest BCUT2D eigenvalue weighted by molar-refractivity contribution is 8.00. The smallest absolute Gasteiger partial charge is 0.291 e. The third-order valence-corrected chi connectivity index (χ3v) is 11.0. The third kappa shape index (κ3) is 5.92. The van der Waals surface area contributed by atoms with Gasteiger partial charge in [0.2, 0.25) is 5.76 Å². The van der Waals surface area contributed by atoms with Gasteiger partial charge in [-0.1, -0.05) is 46.5 Å². The first-order valence-corrected chi connectivity index (χ1v) is 15.5. The molecule has 1 amide bonds. The van der Waals surface area contributed by atoms with E-state index in [0.29, 0.717) is 40.2 Å². The molecule has 1 aromatic rings. The van der Waals surface area contributed by atoms with Crippen LogP contribution in [0.2, 0.25) is 0 Å². The molecule has 3 saturated carbocycles. The Morgan fingerprint density at radius 3 is 2.42 bits per heavy atom. The monoisotopic (exact) mass is 517 g/mol. The van der Waals surface area contributed by atoms with Crippen molar-refractivity contribution in [2.45, 2.75) is 126 Å². The molecule has 36 heavy (non-hydrogen) atoms. The van der Waals surface area contributed by atoms with E-state index in [0.717, 1.165) is 50.1 Å². The summed E-state index contributed by atoms with van der Waals surface area (Å²) in [5, 5.41) is 11.8. The Hall–Kier alpha value is -1.21. The number of ether oxygens (including phenoxy) is 1. The summed E-state index contributed by atoms with van der Waals surface area (Å²) in [5.41, 5.74) is 0.423. The molecule has 1 saturated heterocycles. The molecule has 1 aromatic heterocycles. The van der Waals surface area contributed by atoms with Crippen molar-refractivity contribution in [2.75, 3.05) is 19.7 Å². The van der Waals surface area contributed by atoms with E-state index in [-0.39, 0.29) is 11.4 Å². The van der Waals surface area contributed by atoms with Gasteiger partial charge in [-0.3, -0.25) is 4.79 Å². The minimum Gasteiger partial charge on any atom is -0.474 e. The van der Waals surface area contributed by atoms with Crippen LogP contribution in [0, 0.1) is 16.7 Å². The predicted molar refractivity (Wildman–Crippen MR) is 145 cm³/mol. The van der Waals surface area contributed by atoms with Crippen LogP contribution < -0.4 is 15.4 Å². The molecule has 4 fully saturated rings. The molecule has 0 radical (unpaired) electrons. The Morgan fingerprint density at radius 1 is 1.06 bits per heavy atom. The second-order valence-corrected chi connectivity index (χ2v) is 14.4.